The van der Waals surface area contributed by atoms with Crippen LogP contribution < -0.4 is 14.8 Å². The topological polar surface area (TPSA) is 97.7 Å². The van der Waals surface area contributed by atoms with E-state index in [1.165, 1.54) is 0 Å². The Kier molecular flexibility index (Phi) is 6.23. The zero-order chi connectivity index (χ0) is 18.3. The van der Waals surface area contributed by atoms with E-state index < -0.39 is 24.0 Å². The van der Waals surface area contributed by atoms with Crippen LogP contribution in [0.25, 0.3) is 0 Å². The van der Waals surface area contributed by atoms with Crippen molar-refractivity contribution in [1.82, 2.24) is 5.32 Å². The molecule has 1 fully saturated rings. The Morgan fingerprint density at radius 3 is 2.32 bits per heavy atom. The van der Waals surface area contributed by atoms with Crippen LogP contribution in [0.2, 0.25) is 0 Å². The SMILES string of the molecule is CCOc1ccc(OCC(=O)OCC(=O)N[C@@](C)(C#N)C2CC2)cc1. The Morgan fingerprint density at radius 1 is 1.20 bits per heavy atom. The molecule has 0 unspecified atom stereocenters. The van der Waals surface area contributed by atoms with E-state index >= 15 is 0 Å². The standard InChI is InChI=1S/C18H22N2O5/c1-3-23-14-6-8-15(9-7-14)24-11-17(22)25-10-16(21)20-18(2,12-19)13-4-5-13/h6-9,13H,3-5,10-11H2,1-2H3,(H,20,21)/t18-/m0/s1. The zero-order valence-electron chi connectivity index (χ0n) is 14.4. The summed E-state index contributed by atoms with van der Waals surface area (Å²) in [5, 5.41) is 11.8. The first-order valence-electron chi connectivity index (χ1n) is 8.20. The van der Waals surface area contributed by atoms with Crippen molar-refractivity contribution in [3.05, 3.63) is 24.3 Å². The number of carbonyl (C=O) groups excluding carboxylic acids is 2. The summed E-state index contributed by atoms with van der Waals surface area (Å²) in [7, 11) is 0. The molecular formula is C18H22N2O5. The van der Waals surface area contributed by atoms with Crippen molar-refractivity contribution in [2.45, 2.75) is 32.2 Å². The van der Waals surface area contributed by atoms with Gasteiger partial charge in [0.25, 0.3) is 5.91 Å². The van der Waals surface area contributed by atoms with E-state index in [9.17, 15) is 14.9 Å². The van der Waals surface area contributed by atoms with Crippen LogP contribution >= 0.6 is 0 Å². The van der Waals surface area contributed by atoms with Crippen molar-refractivity contribution >= 4 is 11.9 Å². The number of carbonyl (C=O) groups is 2. The van der Waals surface area contributed by atoms with E-state index in [1.54, 1.807) is 31.2 Å². The molecule has 1 aliphatic carbocycles. The maximum atomic E-state index is 11.8. The summed E-state index contributed by atoms with van der Waals surface area (Å²) in [5.74, 6) is 0.223. The Hall–Kier alpha value is -2.75. The summed E-state index contributed by atoms with van der Waals surface area (Å²) in [6.45, 7) is 3.40. The van der Waals surface area contributed by atoms with Crippen LogP contribution in [0.5, 0.6) is 11.5 Å². The van der Waals surface area contributed by atoms with Crippen LogP contribution in [0.1, 0.15) is 26.7 Å². The summed E-state index contributed by atoms with van der Waals surface area (Å²) in [5.41, 5.74) is -0.900. The molecule has 0 aromatic heterocycles. The summed E-state index contributed by atoms with van der Waals surface area (Å²) in [4.78, 5) is 23.5. The normalized spacial score (nSPS) is 15.4. The second-order valence-corrected chi connectivity index (χ2v) is 5.99. The summed E-state index contributed by atoms with van der Waals surface area (Å²) >= 11 is 0. The number of benzene rings is 1. The van der Waals surface area contributed by atoms with Gasteiger partial charge in [0.15, 0.2) is 13.2 Å². The second kappa shape index (κ2) is 8.38. The Bertz CT molecular complexity index is 648. The first-order chi connectivity index (χ1) is 12.0. The van der Waals surface area contributed by atoms with Gasteiger partial charge in [-0.3, -0.25) is 4.79 Å². The number of hydrogen-bond acceptors (Lipinski definition) is 6. The summed E-state index contributed by atoms with van der Waals surface area (Å²) < 4.78 is 15.5. The van der Waals surface area contributed by atoms with Gasteiger partial charge < -0.3 is 19.5 Å². The van der Waals surface area contributed by atoms with Crippen LogP contribution in [-0.4, -0.2) is 37.2 Å². The molecule has 1 amide bonds. The van der Waals surface area contributed by atoms with Crippen molar-refractivity contribution in [2.75, 3.05) is 19.8 Å². The van der Waals surface area contributed by atoms with Gasteiger partial charge >= 0.3 is 5.97 Å². The minimum atomic E-state index is -0.900. The quantitative estimate of drug-likeness (QED) is 0.685. The first-order valence-corrected chi connectivity index (χ1v) is 8.20. The minimum Gasteiger partial charge on any atom is -0.494 e. The average Bonchev–Trinajstić information content (AvgIpc) is 3.45. The minimum absolute atomic E-state index is 0.167. The Labute approximate surface area is 146 Å². The lowest BCUT2D eigenvalue weighted by Gasteiger charge is -2.22. The van der Waals surface area contributed by atoms with Crippen molar-refractivity contribution in [1.29, 1.82) is 5.26 Å². The Morgan fingerprint density at radius 2 is 1.80 bits per heavy atom. The van der Waals surface area contributed by atoms with Gasteiger partial charge in [-0.05, 0) is 56.9 Å². The molecule has 1 aliphatic rings. The van der Waals surface area contributed by atoms with Crippen LogP contribution in [-0.2, 0) is 14.3 Å². The number of hydrogen-bond donors (Lipinski definition) is 1. The van der Waals surface area contributed by atoms with E-state index in [2.05, 4.69) is 11.4 Å². The summed E-state index contributed by atoms with van der Waals surface area (Å²) in [6, 6.07) is 8.94. The van der Waals surface area contributed by atoms with Crippen LogP contribution in [0.15, 0.2) is 24.3 Å². The van der Waals surface area contributed by atoms with E-state index in [0.29, 0.717) is 18.1 Å². The van der Waals surface area contributed by atoms with Gasteiger partial charge in [0.2, 0.25) is 0 Å². The lowest BCUT2D eigenvalue weighted by atomic mass is 9.98. The van der Waals surface area contributed by atoms with E-state index in [0.717, 1.165) is 12.8 Å². The molecule has 0 aliphatic heterocycles. The fourth-order valence-electron chi connectivity index (χ4n) is 2.34. The van der Waals surface area contributed by atoms with E-state index in [4.69, 9.17) is 14.2 Å². The predicted octanol–water partition coefficient (Wildman–Crippen LogP) is 1.82. The molecule has 0 saturated heterocycles. The smallest absolute Gasteiger partial charge is 0.344 e. The fraction of sp³-hybridized carbons (Fsp3) is 0.500. The molecule has 7 heteroatoms. The molecule has 0 spiro atoms. The van der Waals surface area contributed by atoms with Gasteiger partial charge in [0.1, 0.15) is 17.0 Å². The highest BCUT2D eigenvalue weighted by Crippen LogP contribution is 2.39. The van der Waals surface area contributed by atoms with Crippen LogP contribution in [0, 0.1) is 17.2 Å². The van der Waals surface area contributed by atoms with Crippen molar-refractivity contribution in [3.8, 4) is 17.6 Å². The number of ether oxygens (including phenoxy) is 3. The average molecular weight is 346 g/mol. The molecule has 25 heavy (non-hydrogen) atoms. The molecule has 0 radical (unpaired) electrons. The van der Waals surface area contributed by atoms with Gasteiger partial charge in [0.05, 0.1) is 12.7 Å². The molecule has 0 heterocycles. The number of nitriles is 1. The van der Waals surface area contributed by atoms with Gasteiger partial charge in [-0.1, -0.05) is 0 Å². The van der Waals surface area contributed by atoms with Crippen LogP contribution in [0.3, 0.4) is 0 Å². The number of nitrogens with zero attached hydrogens (tertiary/aromatic N) is 1. The lowest BCUT2D eigenvalue weighted by molar-refractivity contribution is -0.150. The highest BCUT2D eigenvalue weighted by molar-refractivity contribution is 5.81. The van der Waals surface area contributed by atoms with E-state index in [1.807, 2.05) is 6.92 Å². The number of esters is 1. The van der Waals surface area contributed by atoms with Gasteiger partial charge in [0, 0.05) is 0 Å². The monoisotopic (exact) mass is 346 g/mol. The molecule has 134 valence electrons. The highest BCUT2D eigenvalue weighted by Gasteiger charge is 2.43. The number of rotatable bonds is 9. The van der Waals surface area contributed by atoms with Crippen molar-refractivity contribution in [2.24, 2.45) is 5.92 Å². The van der Waals surface area contributed by atoms with Crippen molar-refractivity contribution < 1.29 is 23.8 Å². The maximum Gasteiger partial charge on any atom is 0.344 e. The second-order valence-electron chi connectivity index (χ2n) is 5.99. The third-order valence-electron chi connectivity index (χ3n) is 3.88. The largest absolute Gasteiger partial charge is 0.494 e. The van der Waals surface area contributed by atoms with Crippen molar-refractivity contribution in [3.63, 3.8) is 0 Å². The molecule has 2 rings (SSSR count). The third kappa shape index (κ3) is 5.68. The van der Waals surface area contributed by atoms with Gasteiger partial charge in [-0.2, -0.15) is 5.26 Å². The van der Waals surface area contributed by atoms with Crippen LogP contribution in [0.4, 0.5) is 0 Å². The number of nitrogens with one attached hydrogen (secondary N) is 1. The Balaban J connectivity index is 1.69. The van der Waals surface area contributed by atoms with Gasteiger partial charge in [-0.25, -0.2) is 4.79 Å². The predicted molar refractivity (Wildman–Crippen MR) is 88.9 cm³/mol. The zero-order valence-corrected chi connectivity index (χ0v) is 14.4. The molecule has 1 aromatic carbocycles. The molecule has 1 N–H and O–H groups in total. The summed E-state index contributed by atoms with van der Waals surface area (Å²) in [6.07, 6.45) is 1.83. The highest BCUT2D eigenvalue weighted by atomic mass is 16.6. The molecule has 1 atom stereocenters. The maximum absolute atomic E-state index is 11.8. The molecule has 1 aromatic rings. The fourth-order valence-corrected chi connectivity index (χ4v) is 2.34. The molecular weight excluding hydrogens is 324 g/mol. The number of amides is 1. The molecule has 1 saturated carbocycles. The van der Waals surface area contributed by atoms with Gasteiger partial charge in [-0.15, -0.1) is 0 Å². The lowest BCUT2D eigenvalue weighted by Crippen LogP contribution is -2.48. The van der Waals surface area contributed by atoms with E-state index in [-0.39, 0.29) is 12.5 Å². The molecule has 0 bridgehead atoms. The molecule has 7 nitrogen and oxygen atoms in total. The first kappa shape index (κ1) is 18.6. The third-order valence-corrected chi connectivity index (χ3v) is 3.88.